The highest BCUT2D eigenvalue weighted by Crippen LogP contribution is 2.35. The number of benzene rings is 1. The molecule has 0 aromatic heterocycles. The van der Waals surface area contributed by atoms with E-state index in [0.29, 0.717) is 10.8 Å². The Bertz CT molecular complexity index is 329. The number of hydrogen-bond donors (Lipinski definition) is 1. The van der Waals surface area contributed by atoms with Gasteiger partial charge >= 0.3 is 0 Å². The first kappa shape index (κ1) is 12.0. The number of halogens is 1. The molecule has 3 nitrogen and oxygen atoms in total. The molecule has 0 saturated heterocycles. The largest absolute Gasteiger partial charge is 0.495 e. The molecule has 84 valence electrons. The van der Waals surface area contributed by atoms with Crippen LogP contribution in [0.1, 0.15) is 13.3 Å². The van der Waals surface area contributed by atoms with Gasteiger partial charge in [-0.15, -0.1) is 0 Å². The molecule has 0 unspecified atom stereocenters. The average Bonchev–Trinajstić information content (AvgIpc) is 2.26. The lowest BCUT2D eigenvalue weighted by atomic mass is 10.2. The molecule has 1 N–H and O–H groups in total. The first-order valence-corrected chi connectivity index (χ1v) is 5.26. The molecular formula is C11H16ClNO2. The summed E-state index contributed by atoms with van der Waals surface area (Å²) in [6.07, 6.45) is 1.05. The summed E-state index contributed by atoms with van der Waals surface area (Å²) in [7, 11) is 3.21. The second-order valence-electron chi connectivity index (χ2n) is 3.11. The number of anilines is 1. The van der Waals surface area contributed by atoms with E-state index in [2.05, 4.69) is 12.2 Å². The summed E-state index contributed by atoms with van der Waals surface area (Å²) >= 11 is 5.98. The lowest BCUT2D eigenvalue weighted by molar-refractivity contribution is 0.404. The van der Waals surface area contributed by atoms with Gasteiger partial charge in [0.1, 0.15) is 11.5 Å². The molecule has 4 heteroatoms. The second kappa shape index (κ2) is 5.71. The zero-order valence-corrected chi connectivity index (χ0v) is 10.0. The topological polar surface area (TPSA) is 30.5 Å². The van der Waals surface area contributed by atoms with Gasteiger partial charge in [0.25, 0.3) is 0 Å². The summed E-state index contributed by atoms with van der Waals surface area (Å²) in [4.78, 5) is 0. The molecule has 0 fully saturated rings. The molecule has 0 amide bonds. The van der Waals surface area contributed by atoms with Crippen LogP contribution >= 0.6 is 11.6 Å². The number of rotatable bonds is 5. The monoisotopic (exact) mass is 229 g/mol. The van der Waals surface area contributed by atoms with Crippen LogP contribution < -0.4 is 14.8 Å². The summed E-state index contributed by atoms with van der Waals surface area (Å²) in [5.41, 5.74) is 0.903. The van der Waals surface area contributed by atoms with Gasteiger partial charge in [0, 0.05) is 18.7 Å². The van der Waals surface area contributed by atoms with Crippen LogP contribution in [-0.2, 0) is 0 Å². The second-order valence-corrected chi connectivity index (χ2v) is 3.52. The third-order valence-corrected chi connectivity index (χ3v) is 2.33. The van der Waals surface area contributed by atoms with Crippen LogP contribution in [0.5, 0.6) is 11.5 Å². The van der Waals surface area contributed by atoms with Crippen molar-refractivity contribution in [3.05, 3.63) is 17.2 Å². The van der Waals surface area contributed by atoms with E-state index in [1.165, 1.54) is 0 Å². The first-order chi connectivity index (χ1) is 7.22. The van der Waals surface area contributed by atoms with Crippen LogP contribution in [0.2, 0.25) is 5.02 Å². The van der Waals surface area contributed by atoms with Crippen molar-refractivity contribution in [2.24, 2.45) is 0 Å². The third-order valence-electron chi connectivity index (χ3n) is 2.04. The van der Waals surface area contributed by atoms with Gasteiger partial charge in [-0.25, -0.2) is 0 Å². The first-order valence-electron chi connectivity index (χ1n) is 4.88. The Labute approximate surface area is 95.3 Å². The third kappa shape index (κ3) is 2.93. The van der Waals surface area contributed by atoms with E-state index < -0.39 is 0 Å². The van der Waals surface area contributed by atoms with Crippen LogP contribution in [0.3, 0.4) is 0 Å². The van der Waals surface area contributed by atoms with Gasteiger partial charge in [-0.2, -0.15) is 0 Å². The van der Waals surface area contributed by atoms with Crippen LogP contribution in [0.15, 0.2) is 12.1 Å². The summed E-state index contributed by atoms with van der Waals surface area (Å²) in [6, 6.07) is 3.59. The Kier molecular flexibility index (Phi) is 4.56. The fourth-order valence-electron chi connectivity index (χ4n) is 1.26. The van der Waals surface area contributed by atoms with E-state index in [0.717, 1.165) is 24.4 Å². The van der Waals surface area contributed by atoms with Gasteiger partial charge in [0.05, 0.1) is 24.9 Å². The predicted octanol–water partition coefficient (Wildman–Crippen LogP) is 3.18. The molecule has 0 aliphatic heterocycles. The Morgan fingerprint density at radius 1 is 1.20 bits per heavy atom. The molecule has 0 aliphatic carbocycles. The standard InChI is InChI=1S/C11H16ClNO2/c1-4-5-13-9-7-10(14-2)8(12)6-11(9)15-3/h6-7,13H,4-5H2,1-3H3. The quantitative estimate of drug-likeness (QED) is 0.841. The maximum Gasteiger partial charge on any atom is 0.143 e. The Hall–Kier alpha value is -1.09. The molecule has 0 atom stereocenters. The minimum absolute atomic E-state index is 0.552. The van der Waals surface area contributed by atoms with Crippen molar-refractivity contribution < 1.29 is 9.47 Å². The normalized spacial score (nSPS) is 9.87. The van der Waals surface area contributed by atoms with E-state index >= 15 is 0 Å². The van der Waals surface area contributed by atoms with Crippen LogP contribution in [0.4, 0.5) is 5.69 Å². The van der Waals surface area contributed by atoms with Crippen molar-refractivity contribution in [1.82, 2.24) is 0 Å². The molecule has 0 bridgehead atoms. The predicted molar refractivity (Wildman–Crippen MR) is 63.3 cm³/mol. The van der Waals surface area contributed by atoms with Crippen molar-refractivity contribution in [1.29, 1.82) is 0 Å². The molecule has 0 heterocycles. The van der Waals surface area contributed by atoms with Crippen molar-refractivity contribution in [3.63, 3.8) is 0 Å². The van der Waals surface area contributed by atoms with E-state index in [4.69, 9.17) is 21.1 Å². The number of ether oxygens (including phenoxy) is 2. The molecule has 0 aliphatic rings. The van der Waals surface area contributed by atoms with Gasteiger partial charge in [-0.3, -0.25) is 0 Å². The molecule has 0 radical (unpaired) electrons. The number of nitrogens with one attached hydrogen (secondary N) is 1. The van der Waals surface area contributed by atoms with E-state index in [1.807, 2.05) is 6.07 Å². The van der Waals surface area contributed by atoms with Crippen LogP contribution in [0, 0.1) is 0 Å². The zero-order valence-electron chi connectivity index (χ0n) is 9.26. The molecule has 0 saturated carbocycles. The van der Waals surface area contributed by atoms with Crippen molar-refractivity contribution in [2.75, 3.05) is 26.1 Å². The molecule has 1 aromatic rings. The Morgan fingerprint density at radius 3 is 2.40 bits per heavy atom. The van der Waals surface area contributed by atoms with Crippen molar-refractivity contribution in [2.45, 2.75) is 13.3 Å². The van der Waals surface area contributed by atoms with Gasteiger partial charge in [0.15, 0.2) is 0 Å². The molecule has 1 aromatic carbocycles. The SMILES string of the molecule is CCCNc1cc(OC)c(Cl)cc1OC. The van der Waals surface area contributed by atoms with Gasteiger partial charge < -0.3 is 14.8 Å². The molecular weight excluding hydrogens is 214 g/mol. The molecule has 15 heavy (non-hydrogen) atoms. The lowest BCUT2D eigenvalue weighted by Crippen LogP contribution is -2.02. The molecule has 1 rings (SSSR count). The summed E-state index contributed by atoms with van der Waals surface area (Å²) in [5, 5.41) is 3.80. The van der Waals surface area contributed by atoms with E-state index in [9.17, 15) is 0 Å². The summed E-state index contributed by atoms with van der Waals surface area (Å²) in [6.45, 7) is 2.99. The van der Waals surface area contributed by atoms with Gasteiger partial charge in [-0.05, 0) is 6.42 Å². The molecule has 0 spiro atoms. The minimum atomic E-state index is 0.552. The fraction of sp³-hybridized carbons (Fsp3) is 0.455. The van der Waals surface area contributed by atoms with E-state index in [1.54, 1.807) is 20.3 Å². The summed E-state index contributed by atoms with van der Waals surface area (Å²) in [5.74, 6) is 1.38. The summed E-state index contributed by atoms with van der Waals surface area (Å²) < 4.78 is 10.4. The smallest absolute Gasteiger partial charge is 0.143 e. The van der Waals surface area contributed by atoms with Crippen molar-refractivity contribution >= 4 is 17.3 Å². The number of hydrogen-bond acceptors (Lipinski definition) is 3. The van der Waals surface area contributed by atoms with Gasteiger partial charge in [-0.1, -0.05) is 18.5 Å². The Morgan fingerprint density at radius 2 is 1.87 bits per heavy atom. The van der Waals surface area contributed by atoms with Crippen LogP contribution in [0.25, 0.3) is 0 Å². The highest BCUT2D eigenvalue weighted by atomic mass is 35.5. The zero-order chi connectivity index (χ0) is 11.3. The minimum Gasteiger partial charge on any atom is -0.495 e. The maximum atomic E-state index is 5.98. The average molecular weight is 230 g/mol. The number of methoxy groups -OCH3 is 2. The fourth-order valence-corrected chi connectivity index (χ4v) is 1.49. The van der Waals surface area contributed by atoms with Crippen LogP contribution in [-0.4, -0.2) is 20.8 Å². The van der Waals surface area contributed by atoms with Crippen molar-refractivity contribution in [3.8, 4) is 11.5 Å². The maximum absolute atomic E-state index is 5.98. The highest BCUT2D eigenvalue weighted by Gasteiger charge is 2.08. The Balaban J connectivity index is 2.99. The van der Waals surface area contributed by atoms with E-state index in [-0.39, 0.29) is 0 Å². The van der Waals surface area contributed by atoms with Gasteiger partial charge in [0.2, 0.25) is 0 Å². The lowest BCUT2D eigenvalue weighted by Gasteiger charge is -2.13. The highest BCUT2D eigenvalue weighted by molar-refractivity contribution is 6.32.